The molecule has 1 N–H and O–H groups in total. The maximum atomic E-state index is 11.9. The van der Waals surface area contributed by atoms with Gasteiger partial charge < -0.3 is 10.2 Å². The average Bonchev–Trinajstić information content (AvgIpc) is 2.55. The number of sulfone groups is 1. The molecule has 0 heterocycles. The quantitative estimate of drug-likeness (QED) is 0.589. The summed E-state index contributed by atoms with van der Waals surface area (Å²) in [4.78, 5) is 12.5. The fraction of sp³-hybridized carbons (Fsp3) is 0.333. The van der Waals surface area contributed by atoms with Gasteiger partial charge in [0.15, 0.2) is 9.84 Å². The Morgan fingerprint density at radius 2 is 1.77 bits per heavy atom. The molecule has 0 fully saturated rings. The van der Waals surface area contributed by atoms with E-state index >= 15 is 0 Å². The zero-order chi connectivity index (χ0) is 19.5. The van der Waals surface area contributed by atoms with Crippen LogP contribution < -0.4 is 5.32 Å². The van der Waals surface area contributed by atoms with Gasteiger partial charge in [-0.3, -0.25) is 10.1 Å². The monoisotopic (exact) mass is 377 g/mol. The number of para-hydroxylation sites is 1. The second kappa shape index (κ2) is 7.84. The van der Waals surface area contributed by atoms with Crippen LogP contribution in [0.25, 0.3) is 0 Å². The fourth-order valence-corrected chi connectivity index (χ4v) is 3.61. The molecule has 2 aromatic rings. The number of aryl methyl sites for hydroxylation is 1. The molecule has 0 amide bonds. The van der Waals surface area contributed by atoms with E-state index in [2.05, 4.69) is 5.32 Å². The second-order valence-corrected chi connectivity index (χ2v) is 8.44. The molecule has 0 aliphatic carbocycles. The summed E-state index contributed by atoms with van der Waals surface area (Å²) in [7, 11) is 0.143. The number of nitrogens with zero attached hydrogens (tertiary/aromatic N) is 2. The van der Waals surface area contributed by atoms with Gasteiger partial charge in [-0.1, -0.05) is 35.9 Å². The first-order valence-corrected chi connectivity index (χ1v) is 9.94. The molecule has 2 aromatic carbocycles. The number of nitro benzene ring substituents is 1. The van der Waals surface area contributed by atoms with Crippen LogP contribution in [0.3, 0.4) is 0 Å². The highest BCUT2D eigenvalue weighted by Crippen LogP contribution is 2.32. The summed E-state index contributed by atoms with van der Waals surface area (Å²) in [5.41, 5.74) is 1.99. The van der Waals surface area contributed by atoms with Crippen molar-refractivity contribution < 1.29 is 13.3 Å². The van der Waals surface area contributed by atoms with E-state index in [9.17, 15) is 18.5 Å². The Bertz CT molecular complexity index is 893. The van der Waals surface area contributed by atoms with E-state index < -0.39 is 20.4 Å². The van der Waals surface area contributed by atoms with Crippen LogP contribution in [-0.2, 0) is 9.84 Å². The van der Waals surface area contributed by atoms with Crippen LogP contribution in [0, 0.1) is 17.0 Å². The summed E-state index contributed by atoms with van der Waals surface area (Å²) < 4.78 is 23.7. The molecular weight excluding hydrogens is 354 g/mol. The summed E-state index contributed by atoms with van der Waals surface area (Å²) in [6, 6.07) is 12.3. The minimum Gasteiger partial charge on any atom is -0.378 e. The van der Waals surface area contributed by atoms with Gasteiger partial charge in [0.2, 0.25) is 0 Å². The van der Waals surface area contributed by atoms with Gasteiger partial charge in [0.05, 0.1) is 11.0 Å². The normalized spacial score (nSPS) is 12.8. The van der Waals surface area contributed by atoms with Crippen LogP contribution in [0.5, 0.6) is 0 Å². The molecule has 0 bridgehead atoms. The van der Waals surface area contributed by atoms with E-state index in [1.54, 1.807) is 0 Å². The number of rotatable bonds is 7. The van der Waals surface area contributed by atoms with Gasteiger partial charge in [0, 0.05) is 12.8 Å². The molecule has 0 saturated heterocycles. The van der Waals surface area contributed by atoms with E-state index in [0.29, 0.717) is 6.54 Å². The smallest absolute Gasteiger partial charge is 0.310 e. The molecule has 7 nitrogen and oxygen atoms in total. The lowest BCUT2D eigenvalue weighted by Crippen LogP contribution is -2.27. The lowest BCUT2D eigenvalue weighted by molar-refractivity contribution is -0.386. The third-order valence-electron chi connectivity index (χ3n) is 4.15. The lowest BCUT2D eigenvalue weighted by Gasteiger charge is -2.25. The van der Waals surface area contributed by atoms with Crippen molar-refractivity contribution in [3.8, 4) is 0 Å². The Morgan fingerprint density at radius 1 is 1.15 bits per heavy atom. The van der Waals surface area contributed by atoms with Crippen molar-refractivity contribution >= 4 is 21.2 Å². The van der Waals surface area contributed by atoms with Crippen LogP contribution in [0.2, 0.25) is 0 Å². The first-order chi connectivity index (χ1) is 12.1. The number of hydrogen-bond acceptors (Lipinski definition) is 6. The van der Waals surface area contributed by atoms with Gasteiger partial charge in [0.25, 0.3) is 0 Å². The average molecular weight is 377 g/mol. The van der Waals surface area contributed by atoms with Gasteiger partial charge in [-0.05, 0) is 38.7 Å². The van der Waals surface area contributed by atoms with Crippen molar-refractivity contribution in [1.82, 2.24) is 4.90 Å². The predicted octanol–water partition coefficient (Wildman–Crippen LogP) is 3.02. The predicted molar refractivity (Wildman–Crippen MR) is 102 cm³/mol. The number of hydrogen-bond donors (Lipinski definition) is 1. The van der Waals surface area contributed by atoms with E-state index in [1.807, 2.05) is 50.2 Å². The summed E-state index contributed by atoms with van der Waals surface area (Å²) in [6.07, 6.45) is 0.966. The Balaban J connectivity index is 2.35. The molecule has 0 aliphatic rings. The van der Waals surface area contributed by atoms with Gasteiger partial charge in [-0.15, -0.1) is 0 Å². The van der Waals surface area contributed by atoms with E-state index in [4.69, 9.17) is 0 Å². The zero-order valence-electron chi connectivity index (χ0n) is 15.3. The standard InChI is InChI=1S/C18H23N3O4S/c1-13-8-10-14(11-9-13)16(20(2)3)12-19-15-6-5-7-17(26(4,24)25)18(15)21(22)23/h5-11,16,19H,12H2,1-4H3. The van der Waals surface area contributed by atoms with Gasteiger partial charge in [-0.25, -0.2) is 8.42 Å². The highest BCUT2D eigenvalue weighted by molar-refractivity contribution is 7.90. The topological polar surface area (TPSA) is 92.5 Å². The summed E-state index contributed by atoms with van der Waals surface area (Å²) in [5, 5.41) is 14.5. The minimum atomic E-state index is -3.70. The molecule has 0 radical (unpaired) electrons. The fourth-order valence-electron chi connectivity index (χ4n) is 2.75. The van der Waals surface area contributed by atoms with Crippen molar-refractivity contribution in [2.24, 2.45) is 0 Å². The third-order valence-corrected chi connectivity index (χ3v) is 5.28. The Morgan fingerprint density at radius 3 is 2.27 bits per heavy atom. The number of anilines is 1. The minimum absolute atomic E-state index is 0.0305. The Hall–Kier alpha value is -2.45. The van der Waals surface area contributed by atoms with Gasteiger partial charge in [0.1, 0.15) is 10.6 Å². The zero-order valence-corrected chi connectivity index (χ0v) is 16.1. The highest BCUT2D eigenvalue weighted by atomic mass is 32.2. The van der Waals surface area contributed by atoms with Crippen molar-refractivity contribution in [3.63, 3.8) is 0 Å². The molecule has 0 spiro atoms. The highest BCUT2D eigenvalue weighted by Gasteiger charge is 2.26. The van der Waals surface area contributed by atoms with E-state index in [1.165, 1.54) is 18.2 Å². The van der Waals surface area contributed by atoms with E-state index in [-0.39, 0.29) is 16.6 Å². The molecule has 140 valence electrons. The molecule has 1 unspecified atom stereocenters. The van der Waals surface area contributed by atoms with Crippen LogP contribution in [0.4, 0.5) is 11.4 Å². The van der Waals surface area contributed by atoms with Crippen LogP contribution in [-0.4, -0.2) is 45.1 Å². The molecule has 0 aromatic heterocycles. The van der Waals surface area contributed by atoms with Crippen molar-refractivity contribution in [2.45, 2.75) is 17.9 Å². The largest absolute Gasteiger partial charge is 0.378 e. The molecular formula is C18H23N3O4S. The maximum absolute atomic E-state index is 11.9. The number of nitrogens with one attached hydrogen (secondary N) is 1. The molecule has 26 heavy (non-hydrogen) atoms. The first-order valence-electron chi connectivity index (χ1n) is 8.05. The van der Waals surface area contributed by atoms with Crippen molar-refractivity contribution in [3.05, 3.63) is 63.7 Å². The number of nitro groups is 1. The third kappa shape index (κ3) is 4.59. The molecule has 0 aliphatic heterocycles. The van der Waals surface area contributed by atoms with Crippen LogP contribution >= 0.6 is 0 Å². The molecule has 1 atom stereocenters. The van der Waals surface area contributed by atoms with Gasteiger partial charge >= 0.3 is 5.69 Å². The maximum Gasteiger partial charge on any atom is 0.310 e. The summed E-state index contributed by atoms with van der Waals surface area (Å²) >= 11 is 0. The Kier molecular flexibility index (Phi) is 5.99. The van der Waals surface area contributed by atoms with Crippen molar-refractivity contribution in [2.75, 3.05) is 32.2 Å². The summed E-state index contributed by atoms with van der Waals surface area (Å²) in [6.45, 7) is 2.40. The van der Waals surface area contributed by atoms with Crippen LogP contribution in [0.15, 0.2) is 47.4 Å². The lowest BCUT2D eigenvalue weighted by atomic mass is 10.0. The van der Waals surface area contributed by atoms with Gasteiger partial charge in [-0.2, -0.15) is 0 Å². The number of benzene rings is 2. The molecule has 8 heteroatoms. The van der Waals surface area contributed by atoms with Crippen molar-refractivity contribution in [1.29, 1.82) is 0 Å². The Labute approximate surface area is 153 Å². The first kappa shape index (κ1) is 19.9. The summed E-state index contributed by atoms with van der Waals surface area (Å²) in [5.74, 6) is 0. The van der Waals surface area contributed by atoms with E-state index in [0.717, 1.165) is 17.4 Å². The molecule has 0 saturated carbocycles. The molecule has 2 rings (SSSR count). The SMILES string of the molecule is Cc1ccc(C(CNc2cccc(S(C)(=O)=O)c2[N+](=O)[O-])N(C)C)cc1. The number of likely N-dealkylation sites (N-methyl/N-ethyl adjacent to an activating group) is 1. The van der Waals surface area contributed by atoms with Crippen LogP contribution in [0.1, 0.15) is 17.2 Å². The second-order valence-electron chi connectivity index (χ2n) is 6.45.